The minimum atomic E-state index is -0.500. The van der Waals surface area contributed by atoms with Crippen LogP contribution >= 0.6 is 0 Å². The Balaban J connectivity index is 1.66. The first-order valence-electron chi connectivity index (χ1n) is 16.7. The monoisotopic (exact) mass is 654 g/mol. The van der Waals surface area contributed by atoms with Gasteiger partial charge in [0.15, 0.2) is 0 Å². The molecule has 0 spiro atoms. The number of imide groups is 1. The van der Waals surface area contributed by atoms with Gasteiger partial charge in [-0.3, -0.25) is 29.0 Å². The van der Waals surface area contributed by atoms with Gasteiger partial charge in [0, 0.05) is 38.3 Å². The lowest BCUT2D eigenvalue weighted by Crippen LogP contribution is -2.39. The van der Waals surface area contributed by atoms with E-state index in [4.69, 9.17) is 28.4 Å². The van der Waals surface area contributed by atoms with Crippen LogP contribution in [0.1, 0.15) is 80.1 Å². The first kappa shape index (κ1) is 39.8. The van der Waals surface area contributed by atoms with Crippen molar-refractivity contribution in [3.05, 3.63) is 12.2 Å². The molecule has 0 aromatic heterocycles. The van der Waals surface area contributed by atoms with E-state index in [1.165, 1.54) is 17.1 Å². The van der Waals surface area contributed by atoms with Gasteiger partial charge in [0.25, 0.3) is 11.8 Å². The maximum absolute atomic E-state index is 11.9. The summed E-state index contributed by atoms with van der Waals surface area (Å²) in [6.45, 7) is 17.3. The zero-order chi connectivity index (χ0) is 34.0. The minimum Gasteiger partial charge on any atom is -0.460 e. The lowest BCUT2D eigenvalue weighted by atomic mass is 9.81. The van der Waals surface area contributed by atoms with E-state index in [1.54, 1.807) is 0 Å². The molecule has 0 atom stereocenters. The van der Waals surface area contributed by atoms with E-state index in [9.17, 15) is 19.2 Å². The second kappa shape index (κ2) is 20.8. The molecule has 264 valence electrons. The van der Waals surface area contributed by atoms with E-state index in [0.29, 0.717) is 71.2 Å². The molecule has 1 saturated carbocycles. The quantitative estimate of drug-likeness (QED) is 0.0965. The average Bonchev–Trinajstić information content (AvgIpc) is 3.26. The molecule has 1 heterocycles. The fourth-order valence-corrected chi connectivity index (χ4v) is 5.25. The summed E-state index contributed by atoms with van der Waals surface area (Å²) < 4.78 is 33.2. The van der Waals surface area contributed by atoms with Gasteiger partial charge in [-0.05, 0) is 79.1 Å². The van der Waals surface area contributed by atoms with Gasteiger partial charge in [0.1, 0.15) is 11.2 Å². The summed E-state index contributed by atoms with van der Waals surface area (Å²) in [5.74, 6) is -0.104. The SMILES string of the molecule is CC(C)(C)OC(=O)CCOCCOCCN(CCOCCOCCC(=O)OC(C)(C)C)CC1CCC(CN2C(=O)C=CC2=O)CC1. The van der Waals surface area contributed by atoms with E-state index >= 15 is 0 Å². The van der Waals surface area contributed by atoms with Gasteiger partial charge >= 0.3 is 11.9 Å². The van der Waals surface area contributed by atoms with Gasteiger partial charge in [-0.2, -0.15) is 0 Å². The maximum atomic E-state index is 11.9. The number of carbonyl (C=O) groups is 4. The van der Waals surface area contributed by atoms with E-state index in [2.05, 4.69) is 4.90 Å². The Labute approximate surface area is 275 Å². The molecular formula is C34H58N2O10. The molecule has 1 fully saturated rings. The smallest absolute Gasteiger partial charge is 0.308 e. The summed E-state index contributed by atoms with van der Waals surface area (Å²) in [6, 6.07) is 0. The third-order valence-corrected chi connectivity index (χ3v) is 7.41. The van der Waals surface area contributed by atoms with E-state index in [1.807, 2.05) is 41.5 Å². The van der Waals surface area contributed by atoms with Gasteiger partial charge in [0.05, 0.1) is 65.7 Å². The van der Waals surface area contributed by atoms with Crippen LogP contribution in [0.15, 0.2) is 12.2 Å². The number of amides is 2. The second-order valence-electron chi connectivity index (χ2n) is 13.9. The van der Waals surface area contributed by atoms with Crippen LogP contribution in [0.25, 0.3) is 0 Å². The van der Waals surface area contributed by atoms with Crippen molar-refractivity contribution in [1.29, 1.82) is 0 Å². The molecule has 1 aliphatic heterocycles. The third kappa shape index (κ3) is 18.7. The second-order valence-corrected chi connectivity index (χ2v) is 13.9. The number of carbonyl (C=O) groups excluding carboxylic acids is 4. The molecule has 0 N–H and O–H groups in total. The Bertz CT molecular complexity index is 902. The van der Waals surface area contributed by atoms with E-state index in [-0.39, 0.29) is 36.6 Å². The zero-order valence-electron chi connectivity index (χ0n) is 29.0. The van der Waals surface area contributed by atoms with Crippen LogP contribution in [0.2, 0.25) is 0 Å². The van der Waals surface area contributed by atoms with Crippen molar-refractivity contribution >= 4 is 23.8 Å². The van der Waals surface area contributed by atoms with Crippen LogP contribution in [0.4, 0.5) is 0 Å². The summed E-state index contributed by atoms with van der Waals surface area (Å²) in [6.07, 6.45) is 7.19. The Kier molecular flexibility index (Phi) is 18.0. The number of ether oxygens (including phenoxy) is 6. The van der Waals surface area contributed by atoms with E-state index in [0.717, 1.165) is 45.3 Å². The summed E-state index contributed by atoms with van der Waals surface area (Å²) in [4.78, 5) is 51.2. The Morgan fingerprint density at radius 2 is 1.04 bits per heavy atom. The highest BCUT2D eigenvalue weighted by Gasteiger charge is 2.29. The van der Waals surface area contributed by atoms with Crippen LogP contribution in [0, 0.1) is 11.8 Å². The number of nitrogens with zero attached hydrogens (tertiary/aromatic N) is 2. The van der Waals surface area contributed by atoms with Crippen molar-refractivity contribution in [2.45, 2.75) is 91.3 Å². The molecule has 1 aliphatic carbocycles. The van der Waals surface area contributed by atoms with Crippen molar-refractivity contribution < 1.29 is 47.6 Å². The maximum Gasteiger partial charge on any atom is 0.308 e. The molecule has 46 heavy (non-hydrogen) atoms. The van der Waals surface area contributed by atoms with Gasteiger partial charge < -0.3 is 28.4 Å². The Hall–Kier alpha value is -2.38. The van der Waals surface area contributed by atoms with Gasteiger partial charge in [-0.25, -0.2) is 0 Å². The highest BCUT2D eigenvalue weighted by atomic mass is 16.6. The highest BCUT2D eigenvalue weighted by molar-refractivity contribution is 6.12. The van der Waals surface area contributed by atoms with Crippen molar-refractivity contribution in [3.8, 4) is 0 Å². The van der Waals surface area contributed by atoms with Gasteiger partial charge in [-0.15, -0.1) is 0 Å². The number of esters is 2. The fourth-order valence-electron chi connectivity index (χ4n) is 5.25. The molecule has 12 nitrogen and oxygen atoms in total. The van der Waals surface area contributed by atoms with Crippen molar-refractivity contribution in [2.24, 2.45) is 11.8 Å². The largest absolute Gasteiger partial charge is 0.460 e. The van der Waals surface area contributed by atoms with Gasteiger partial charge in [-0.1, -0.05) is 0 Å². The molecule has 12 heteroatoms. The van der Waals surface area contributed by atoms with Crippen molar-refractivity contribution in [2.75, 3.05) is 79.0 Å². The summed E-state index contributed by atoms with van der Waals surface area (Å²) in [5, 5.41) is 0. The molecule has 0 saturated heterocycles. The van der Waals surface area contributed by atoms with Crippen LogP contribution in [0.5, 0.6) is 0 Å². The van der Waals surface area contributed by atoms with Crippen LogP contribution in [-0.4, -0.2) is 124 Å². The molecule has 0 unspecified atom stereocenters. The number of rotatable bonds is 22. The van der Waals surface area contributed by atoms with Crippen molar-refractivity contribution in [3.63, 3.8) is 0 Å². The number of hydrogen-bond donors (Lipinski definition) is 0. The first-order chi connectivity index (χ1) is 21.7. The zero-order valence-corrected chi connectivity index (χ0v) is 29.0. The summed E-state index contributed by atoms with van der Waals surface area (Å²) >= 11 is 0. The highest BCUT2D eigenvalue weighted by Crippen LogP contribution is 2.30. The Morgan fingerprint density at radius 1 is 0.652 bits per heavy atom. The molecule has 0 radical (unpaired) electrons. The fraction of sp³-hybridized carbons (Fsp3) is 0.824. The molecule has 0 aromatic rings. The van der Waals surface area contributed by atoms with Crippen LogP contribution in [-0.2, 0) is 47.6 Å². The molecule has 0 bridgehead atoms. The topological polar surface area (TPSA) is 130 Å². The molecule has 2 rings (SSSR count). The van der Waals surface area contributed by atoms with Gasteiger partial charge in [0.2, 0.25) is 0 Å². The molecule has 2 aliphatic rings. The minimum absolute atomic E-state index is 0.208. The van der Waals surface area contributed by atoms with Crippen LogP contribution in [0.3, 0.4) is 0 Å². The number of hydrogen-bond acceptors (Lipinski definition) is 11. The van der Waals surface area contributed by atoms with E-state index < -0.39 is 11.2 Å². The Morgan fingerprint density at radius 3 is 1.46 bits per heavy atom. The lowest BCUT2D eigenvalue weighted by Gasteiger charge is -2.34. The van der Waals surface area contributed by atoms with Crippen LogP contribution < -0.4 is 0 Å². The average molecular weight is 655 g/mol. The predicted molar refractivity (Wildman–Crippen MR) is 172 cm³/mol. The molecule has 2 amide bonds. The lowest BCUT2D eigenvalue weighted by molar-refractivity contribution is -0.157. The standard InChI is InChI=1S/C34H58N2O10/c1-33(2,3)45-31(39)13-17-41-21-23-43-19-15-35(16-20-44-24-22-42-18-14-32(40)46-34(4,5)6)25-27-7-9-28(10-8-27)26-36-29(37)11-12-30(36)38/h11-12,27-28H,7-10,13-26H2,1-6H3. The summed E-state index contributed by atoms with van der Waals surface area (Å²) in [5.41, 5.74) is -1.00. The summed E-state index contributed by atoms with van der Waals surface area (Å²) in [7, 11) is 0. The third-order valence-electron chi connectivity index (χ3n) is 7.41. The molecular weight excluding hydrogens is 596 g/mol. The normalized spacial score (nSPS) is 18.9. The predicted octanol–water partition coefficient (Wildman–Crippen LogP) is 3.55. The molecule has 0 aromatic carbocycles. The first-order valence-corrected chi connectivity index (χ1v) is 16.7. The van der Waals surface area contributed by atoms with Crippen molar-refractivity contribution in [1.82, 2.24) is 9.80 Å².